The summed E-state index contributed by atoms with van der Waals surface area (Å²) in [5.41, 5.74) is 5.26. The molecule has 7 heteroatoms. The van der Waals surface area contributed by atoms with Gasteiger partial charge in [0.05, 0.1) is 11.3 Å². The number of hydrogen-bond acceptors (Lipinski definition) is 5. The van der Waals surface area contributed by atoms with Crippen LogP contribution in [0.5, 0.6) is 0 Å². The van der Waals surface area contributed by atoms with Crippen LogP contribution in [0.15, 0.2) is 36.3 Å². The third-order valence-corrected chi connectivity index (χ3v) is 2.95. The van der Waals surface area contributed by atoms with Crippen LogP contribution in [0.3, 0.4) is 0 Å². The first kappa shape index (κ1) is 15.6. The van der Waals surface area contributed by atoms with Crippen LogP contribution in [0.25, 0.3) is 0 Å². The van der Waals surface area contributed by atoms with E-state index in [9.17, 15) is 13.6 Å². The number of aromatic nitrogens is 2. The number of ketones is 1. The molecule has 0 atom stereocenters. The van der Waals surface area contributed by atoms with Crippen molar-refractivity contribution in [2.75, 3.05) is 11.1 Å². The van der Waals surface area contributed by atoms with Crippen LogP contribution < -0.4 is 11.1 Å². The maximum absolute atomic E-state index is 13.8. The van der Waals surface area contributed by atoms with Crippen molar-refractivity contribution in [1.82, 2.24) is 9.97 Å². The van der Waals surface area contributed by atoms with Gasteiger partial charge in [-0.05, 0) is 26.0 Å². The fraction of sp³-hybridized carbons (Fsp3) is 0.133. The first-order chi connectivity index (χ1) is 10.4. The molecule has 1 aromatic carbocycles. The van der Waals surface area contributed by atoms with Crippen LogP contribution in [-0.2, 0) is 0 Å². The molecule has 2 rings (SSSR count). The Morgan fingerprint density at radius 3 is 2.73 bits per heavy atom. The topological polar surface area (TPSA) is 80.9 Å². The summed E-state index contributed by atoms with van der Waals surface area (Å²) >= 11 is 0. The van der Waals surface area contributed by atoms with E-state index in [2.05, 4.69) is 15.3 Å². The van der Waals surface area contributed by atoms with Gasteiger partial charge in [0, 0.05) is 23.5 Å². The molecule has 0 aliphatic carbocycles. The number of nitrogens with zero attached hydrogens (tertiary/aromatic N) is 2. The first-order valence-corrected chi connectivity index (χ1v) is 6.40. The zero-order valence-corrected chi connectivity index (χ0v) is 12.0. The van der Waals surface area contributed by atoms with Gasteiger partial charge in [0.25, 0.3) is 0 Å². The summed E-state index contributed by atoms with van der Waals surface area (Å²) in [4.78, 5) is 20.0. The van der Waals surface area contributed by atoms with E-state index >= 15 is 0 Å². The van der Waals surface area contributed by atoms with Gasteiger partial charge in [-0.15, -0.1) is 0 Å². The summed E-state index contributed by atoms with van der Waals surface area (Å²) in [5.74, 6) is -2.34. The number of halogens is 2. The van der Waals surface area contributed by atoms with Gasteiger partial charge in [-0.3, -0.25) is 4.79 Å². The van der Waals surface area contributed by atoms with Crippen LogP contribution in [-0.4, -0.2) is 15.8 Å². The molecule has 0 aliphatic heterocycles. The van der Waals surface area contributed by atoms with E-state index in [1.165, 1.54) is 19.5 Å². The van der Waals surface area contributed by atoms with E-state index in [1.807, 2.05) is 0 Å². The standard InChI is InChI=1S/C15H14F2N4O/c1-8(6-19-12-5-9(2)20-7-21-12)15(22)13-10(16)3-4-11(18)14(13)17/h3-7H,18H2,1-2H3,(H,19,20,21)/b8-6+. The number of Topliss-reactive ketones (excluding diaryl/α,β-unsaturated/α-hetero) is 1. The molecule has 5 nitrogen and oxygen atoms in total. The second-order valence-electron chi connectivity index (χ2n) is 4.67. The Kier molecular flexibility index (Phi) is 4.45. The van der Waals surface area contributed by atoms with Crippen molar-refractivity contribution in [1.29, 1.82) is 0 Å². The number of nitrogens with two attached hydrogens (primary N) is 1. The largest absolute Gasteiger partial charge is 0.396 e. The number of carbonyl (C=O) groups excluding carboxylic acids is 1. The molecule has 0 unspecified atom stereocenters. The zero-order valence-electron chi connectivity index (χ0n) is 12.0. The lowest BCUT2D eigenvalue weighted by molar-refractivity contribution is 0.102. The van der Waals surface area contributed by atoms with E-state index < -0.39 is 23.0 Å². The lowest BCUT2D eigenvalue weighted by Crippen LogP contribution is -2.10. The fourth-order valence-corrected chi connectivity index (χ4v) is 1.76. The summed E-state index contributed by atoms with van der Waals surface area (Å²) in [7, 11) is 0. The molecule has 22 heavy (non-hydrogen) atoms. The minimum absolute atomic E-state index is 0.111. The van der Waals surface area contributed by atoms with E-state index in [1.54, 1.807) is 13.0 Å². The molecule has 3 N–H and O–H groups in total. The van der Waals surface area contributed by atoms with Crippen LogP contribution in [0.2, 0.25) is 0 Å². The van der Waals surface area contributed by atoms with Gasteiger partial charge in [0.2, 0.25) is 0 Å². The van der Waals surface area contributed by atoms with E-state index in [4.69, 9.17) is 5.73 Å². The second kappa shape index (κ2) is 6.30. The third-order valence-electron chi connectivity index (χ3n) is 2.95. The monoisotopic (exact) mass is 304 g/mol. The molecule has 0 fully saturated rings. The summed E-state index contributed by atoms with van der Waals surface area (Å²) in [6.07, 6.45) is 2.69. The quantitative estimate of drug-likeness (QED) is 0.516. The number of nitrogen functional groups attached to an aromatic ring is 1. The Bertz CT molecular complexity index is 759. The smallest absolute Gasteiger partial charge is 0.196 e. The van der Waals surface area contributed by atoms with Crippen LogP contribution in [0.4, 0.5) is 20.3 Å². The number of nitrogens with one attached hydrogen (secondary N) is 1. The summed E-state index contributed by atoms with van der Waals surface area (Å²) in [5, 5.41) is 2.78. The van der Waals surface area contributed by atoms with E-state index in [0.717, 1.165) is 17.8 Å². The Hall–Kier alpha value is -2.83. The normalized spacial score (nSPS) is 11.4. The fourth-order valence-electron chi connectivity index (χ4n) is 1.76. The highest BCUT2D eigenvalue weighted by molar-refractivity contribution is 6.09. The summed E-state index contributed by atoms with van der Waals surface area (Å²) in [6.45, 7) is 3.22. The zero-order chi connectivity index (χ0) is 16.3. The number of anilines is 2. The van der Waals surface area contributed by atoms with E-state index in [-0.39, 0.29) is 11.3 Å². The Labute approximate surface area is 125 Å². The Balaban J connectivity index is 2.26. The SMILES string of the molecule is C/C(=C\Nc1cc(C)ncn1)C(=O)c1c(F)ccc(N)c1F. The van der Waals surface area contributed by atoms with Gasteiger partial charge in [-0.25, -0.2) is 18.7 Å². The highest BCUT2D eigenvalue weighted by Gasteiger charge is 2.20. The van der Waals surface area contributed by atoms with Gasteiger partial charge in [-0.1, -0.05) is 0 Å². The van der Waals surface area contributed by atoms with Crippen molar-refractivity contribution in [2.24, 2.45) is 0 Å². The molecular formula is C15H14F2N4O. The van der Waals surface area contributed by atoms with Gasteiger partial charge in [-0.2, -0.15) is 0 Å². The minimum atomic E-state index is -1.06. The average Bonchev–Trinajstić information content (AvgIpc) is 2.49. The number of carbonyl (C=O) groups is 1. The van der Waals surface area contributed by atoms with E-state index in [0.29, 0.717) is 5.82 Å². The maximum Gasteiger partial charge on any atom is 0.196 e. The van der Waals surface area contributed by atoms with Crippen molar-refractivity contribution in [3.8, 4) is 0 Å². The molecule has 114 valence electrons. The van der Waals surface area contributed by atoms with Crippen molar-refractivity contribution < 1.29 is 13.6 Å². The van der Waals surface area contributed by atoms with Crippen molar-refractivity contribution in [3.05, 3.63) is 59.2 Å². The molecule has 0 saturated heterocycles. The highest BCUT2D eigenvalue weighted by atomic mass is 19.1. The van der Waals surface area contributed by atoms with Crippen LogP contribution >= 0.6 is 0 Å². The second-order valence-corrected chi connectivity index (χ2v) is 4.67. The lowest BCUT2D eigenvalue weighted by Gasteiger charge is -2.07. The molecule has 0 amide bonds. The number of allylic oxidation sites excluding steroid dienone is 1. The molecule has 2 aromatic rings. The molecule has 0 spiro atoms. The number of benzene rings is 1. The molecule has 1 aromatic heterocycles. The minimum Gasteiger partial charge on any atom is -0.396 e. The Morgan fingerprint density at radius 2 is 2.05 bits per heavy atom. The first-order valence-electron chi connectivity index (χ1n) is 6.40. The van der Waals surface area contributed by atoms with Gasteiger partial charge < -0.3 is 11.1 Å². The molecule has 0 saturated carbocycles. The van der Waals surface area contributed by atoms with Gasteiger partial charge in [0.15, 0.2) is 11.6 Å². The highest BCUT2D eigenvalue weighted by Crippen LogP contribution is 2.21. The molecule has 0 bridgehead atoms. The predicted octanol–water partition coefficient (Wildman–Crippen LogP) is 2.84. The number of hydrogen-bond donors (Lipinski definition) is 2. The molecule has 1 heterocycles. The van der Waals surface area contributed by atoms with Gasteiger partial charge >= 0.3 is 0 Å². The predicted molar refractivity (Wildman–Crippen MR) is 79.2 cm³/mol. The molecule has 0 aliphatic rings. The van der Waals surface area contributed by atoms with Gasteiger partial charge in [0.1, 0.15) is 18.0 Å². The number of rotatable bonds is 4. The van der Waals surface area contributed by atoms with Crippen LogP contribution in [0.1, 0.15) is 23.0 Å². The summed E-state index contributed by atoms with van der Waals surface area (Å²) < 4.78 is 27.5. The van der Waals surface area contributed by atoms with Crippen molar-refractivity contribution in [3.63, 3.8) is 0 Å². The average molecular weight is 304 g/mol. The van der Waals surface area contributed by atoms with Crippen LogP contribution in [0, 0.1) is 18.6 Å². The van der Waals surface area contributed by atoms with Crippen molar-refractivity contribution >= 4 is 17.3 Å². The molecular weight excluding hydrogens is 290 g/mol. The lowest BCUT2D eigenvalue weighted by atomic mass is 10.0. The molecule has 0 radical (unpaired) electrons. The maximum atomic E-state index is 13.8. The van der Waals surface area contributed by atoms with Crippen molar-refractivity contribution in [2.45, 2.75) is 13.8 Å². The summed E-state index contributed by atoms with van der Waals surface area (Å²) in [6, 6.07) is 3.69. The third kappa shape index (κ3) is 3.25. The Morgan fingerprint density at radius 1 is 1.32 bits per heavy atom. The number of aryl methyl sites for hydroxylation is 1.